The van der Waals surface area contributed by atoms with Gasteiger partial charge in [0.25, 0.3) is 5.95 Å². The van der Waals surface area contributed by atoms with E-state index >= 15 is 0 Å². The average molecular weight is 313 g/mol. The smallest absolute Gasteiger partial charge is 0.263 e. The summed E-state index contributed by atoms with van der Waals surface area (Å²) in [6.07, 6.45) is 1.52. The number of nitrogen functional groups attached to an aromatic ring is 1. The van der Waals surface area contributed by atoms with Gasteiger partial charge in [0.2, 0.25) is 0 Å². The van der Waals surface area contributed by atoms with Gasteiger partial charge in [-0.1, -0.05) is 6.07 Å². The summed E-state index contributed by atoms with van der Waals surface area (Å²) in [4.78, 5) is 0. The number of anilines is 1. The summed E-state index contributed by atoms with van der Waals surface area (Å²) in [6.45, 7) is 1.72. The molecule has 1 aromatic carbocycles. The topological polar surface area (TPSA) is 81.1 Å². The monoisotopic (exact) mass is 312 g/mol. The van der Waals surface area contributed by atoms with Crippen molar-refractivity contribution in [2.75, 3.05) is 11.3 Å². The van der Waals surface area contributed by atoms with E-state index in [4.69, 9.17) is 5.84 Å². The van der Waals surface area contributed by atoms with Gasteiger partial charge in [0.15, 0.2) is 5.82 Å². The maximum absolute atomic E-state index is 13.0. The quantitative estimate of drug-likeness (QED) is 0.513. The first-order valence-electron chi connectivity index (χ1n) is 4.99. The van der Waals surface area contributed by atoms with E-state index < -0.39 is 0 Å². The first-order valence-corrected chi connectivity index (χ1v) is 5.78. The molecule has 0 bridgehead atoms. The van der Waals surface area contributed by atoms with E-state index in [1.807, 2.05) is 0 Å². The third kappa shape index (κ3) is 2.65. The van der Waals surface area contributed by atoms with E-state index in [0.717, 1.165) is 5.56 Å². The highest BCUT2D eigenvalue weighted by Gasteiger charge is 2.03. The van der Waals surface area contributed by atoms with Gasteiger partial charge in [0.05, 0.1) is 10.7 Å². The van der Waals surface area contributed by atoms with Crippen molar-refractivity contribution in [3.63, 3.8) is 0 Å². The van der Waals surface area contributed by atoms with Crippen LogP contribution in [0.1, 0.15) is 11.4 Å². The number of nitrogens with one attached hydrogen (secondary N) is 1. The molecule has 1 heterocycles. The van der Waals surface area contributed by atoms with Crippen LogP contribution in [0.2, 0.25) is 0 Å². The Balaban J connectivity index is 2.07. The molecule has 0 atom stereocenters. The summed E-state index contributed by atoms with van der Waals surface area (Å²) >= 11 is 3.09. The highest BCUT2D eigenvalue weighted by atomic mass is 79.9. The number of hydrogen-bond acceptors (Lipinski definition) is 5. The zero-order valence-electron chi connectivity index (χ0n) is 9.43. The Kier molecular flexibility index (Phi) is 3.56. The summed E-state index contributed by atoms with van der Waals surface area (Å²) in [5.74, 6) is 6.19. The molecule has 0 radical (unpaired) electrons. The number of aryl methyl sites for hydroxylation is 1. The number of halogens is 2. The SMILES string of the molecule is Cc1nnc(NN=Cc2ccc(F)c(Br)c2)n1N. The molecule has 0 unspecified atom stereocenters. The van der Waals surface area contributed by atoms with Crippen molar-refractivity contribution < 1.29 is 4.39 Å². The minimum absolute atomic E-state index is 0.322. The average Bonchev–Trinajstić information content (AvgIpc) is 2.66. The molecule has 0 saturated heterocycles. The molecule has 2 rings (SSSR count). The summed E-state index contributed by atoms with van der Waals surface area (Å²) in [6, 6.07) is 4.56. The molecular formula is C10H10BrFN6. The van der Waals surface area contributed by atoms with Crippen molar-refractivity contribution in [2.45, 2.75) is 6.92 Å². The van der Waals surface area contributed by atoms with Gasteiger partial charge in [-0.05, 0) is 40.5 Å². The van der Waals surface area contributed by atoms with Gasteiger partial charge in [-0.25, -0.2) is 14.5 Å². The molecule has 0 aliphatic heterocycles. The van der Waals surface area contributed by atoms with Crippen LogP contribution in [0.5, 0.6) is 0 Å². The predicted molar refractivity (Wildman–Crippen MR) is 70.2 cm³/mol. The van der Waals surface area contributed by atoms with Gasteiger partial charge in [0, 0.05) is 0 Å². The molecule has 0 spiro atoms. The van der Waals surface area contributed by atoms with Crippen LogP contribution in [-0.2, 0) is 0 Å². The van der Waals surface area contributed by atoms with Gasteiger partial charge in [-0.15, -0.1) is 10.2 Å². The van der Waals surface area contributed by atoms with Crippen molar-refractivity contribution >= 4 is 28.1 Å². The normalized spacial score (nSPS) is 11.1. The molecular weight excluding hydrogens is 303 g/mol. The molecule has 2 aromatic rings. The molecule has 0 aliphatic rings. The molecule has 18 heavy (non-hydrogen) atoms. The van der Waals surface area contributed by atoms with Crippen LogP contribution >= 0.6 is 15.9 Å². The van der Waals surface area contributed by atoms with Gasteiger partial charge in [-0.2, -0.15) is 5.10 Å². The Morgan fingerprint density at radius 1 is 1.50 bits per heavy atom. The number of nitrogens with two attached hydrogens (primary N) is 1. The number of benzene rings is 1. The summed E-state index contributed by atoms with van der Waals surface area (Å²) < 4.78 is 14.7. The first-order chi connectivity index (χ1) is 8.58. The fraction of sp³-hybridized carbons (Fsp3) is 0.100. The number of hydrogen-bond donors (Lipinski definition) is 2. The fourth-order valence-corrected chi connectivity index (χ4v) is 1.60. The van der Waals surface area contributed by atoms with Crippen LogP contribution in [-0.4, -0.2) is 21.1 Å². The Hall–Kier alpha value is -1.96. The molecule has 94 valence electrons. The van der Waals surface area contributed by atoms with E-state index in [1.54, 1.807) is 19.1 Å². The van der Waals surface area contributed by atoms with Crippen LogP contribution in [0.15, 0.2) is 27.8 Å². The zero-order chi connectivity index (χ0) is 13.1. The van der Waals surface area contributed by atoms with Crippen molar-refractivity contribution in [3.8, 4) is 0 Å². The summed E-state index contributed by atoms with van der Waals surface area (Å²) in [5.41, 5.74) is 3.37. The van der Waals surface area contributed by atoms with Crippen molar-refractivity contribution in [2.24, 2.45) is 5.10 Å². The third-order valence-electron chi connectivity index (χ3n) is 2.19. The highest BCUT2D eigenvalue weighted by Crippen LogP contribution is 2.15. The predicted octanol–water partition coefficient (Wildman–Crippen LogP) is 1.65. The molecule has 3 N–H and O–H groups in total. The first kappa shape index (κ1) is 12.5. The second kappa shape index (κ2) is 5.13. The van der Waals surface area contributed by atoms with Crippen molar-refractivity contribution in [1.82, 2.24) is 14.9 Å². The van der Waals surface area contributed by atoms with E-state index in [-0.39, 0.29) is 5.82 Å². The Bertz CT molecular complexity index is 594. The van der Waals surface area contributed by atoms with Crippen LogP contribution in [0.4, 0.5) is 10.3 Å². The Labute approximate surface area is 111 Å². The van der Waals surface area contributed by atoms with Crippen molar-refractivity contribution in [3.05, 3.63) is 39.9 Å². The van der Waals surface area contributed by atoms with Crippen LogP contribution in [0.25, 0.3) is 0 Å². The maximum Gasteiger partial charge on any atom is 0.263 e. The number of nitrogens with zero attached hydrogens (tertiary/aromatic N) is 4. The van der Waals surface area contributed by atoms with E-state index in [1.165, 1.54) is 17.0 Å². The molecule has 0 amide bonds. The molecule has 1 aromatic heterocycles. The molecule has 8 heteroatoms. The number of aromatic nitrogens is 3. The minimum Gasteiger partial charge on any atom is -0.335 e. The standard InChI is InChI=1S/C10H10BrFN6/c1-6-15-17-10(18(6)13)16-14-5-7-2-3-9(12)8(11)4-7/h2-5H,13H2,1H3,(H,16,17). The van der Waals surface area contributed by atoms with Gasteiger partial charge in [0.1, 0.15) is 5.82 Å². The third-order valence-corrected chi connectivity index (χ3v) is 2.80. The van der Waals surface area contributed by atoms with E-state index in [9.17, 15) is 4.39 Å². The molecule has 0 fully saturated rings. The lowest BCUT2D eigenvalue weighted by Gasteiger charge is -1.99. The van der Waals surface area contributed by atoms with Crippen molar-refractivity contribution in [1.29, 1.82) is 0 Å². The highest BCUT2D eigenvalue weighted by molar-refractivity contribution is 9.10. The zero-order valence-corrected chi connectivity index (χ0v) is 11.0. The summed E-state index contributed by atoms with van der Waals surface area (Å²) in [5, 5.41) is 11.5. The van der Waals surface area contributed by atoms with Crippen LogP contribution in [0.3, 0.4) is 0 Å². The number of hydrazone groups is 1. The van der Waals surface area contributed by atoms with Gasteiger partial charge in [-0.3, -0.25) is 0 Å². The Morgan fingerprint density at radius 2 is 2.28 bits per heavy atom. The second-order valence-electron chi connectivity index (χ2n) is 3.48. The van der Waals surface area contributed by atoms with E-state index in [0.29, 0.717) is 16.2 Å². The molecule has 6 nitrogen and oxygen atoms in total. The maximum atomic E-state index is 13.0. The second-order valence-corrected chi connectivity index (χ2v) is 4.34. The lowest BCUT2D eigenvalue weighted by atomic mass is 10.2. The molecule has 0 aliphatic carbocycles. The Morgan fingerprint density at radius 3 is 2.89 bits per heavy atom. The lowest BCUT2D eigenvalue weighted by Crippen LogP contribution is -2.13. The largest absolute Gasteiger partial charge is 0.335 e. The number of rotatable bonds is 3. The lowest BCUT2D eigenvalue weighted by molar-refractivity contribution is 0.621. The van der Waals surface area contributed by atoms with Crippen LogP contribution < -0.4 is 11.3 Å². The fourth-order valence-electron chi connectivity index (χ4n) is 1.20. The van der Waals surface area contributed by atoms with Gasteiger partial charge >= 0.3 is 0 Å². The summed E-state index contributed by atoms with van der Waals surface area (Å²) in [7, 11) is 0. The minimum atomic E-state index is -0.322. The van der Waals surface area contributed by atoms with Crippen LogP contribution in [0, 0.1) is 12.7 Å². The van der Waals surface area contributed by atoms with E-state index in [2.05, 4.69) is 36.7 Å². The molecule has 0 saturated carbocycles. The van der Waals surface area contributed by atoms with Gasteiger partial charge < -0.3 is 5.84 Å².